The maximum absolute atomic E-state index is 13.6. The van der Waals surface area contributed by atoms with E-state index < -0.39 is 34.4 Å². The summed E-state index contributed by atoms with van der Waals surface area (Å²) in [6.07, 6.45) is 2.54. The van der Waals surface area contributed by atoms with Crippen molar-refractivity contribution in [3.05, 3.63) is 99.3 Å². The van der Waals surface area contributed by atoms with Crippen LogP contribution < -0.4 is 5.06 Å². The fraction of sp³-hybridized carbons (Fsp3) is 0.400. The maximum atomic E-state index is 13.6. The van der Waals surface area contributed by atoms with Gasteiger partial charge in [-0.05, 0) is 36.6 Å². The molecule has 0 aliphatic carbocycles. The number of methoxy groups -OCH3 is 2. The van der Waals surface area contributed by atoms with E-state index in [1.807, 2.05) is 82.3 Å². The molecule has 2 atom stereocenters. The van der Waals surface area contributed by atoms with Crippen molar-refractivity contribution in [2.24, 2.45) is 5.41 Å². The Hall–Kier alpha value is -3.98. The van der Waals surface area contributed by atoms with Gasteiger partial charge in [0.15, 0.2) is 5.41 Å². The molecule has 0 N–H and O–H groups in total. The van der Waals surface area contributed by atoms with Crippen molar-refractivity contribution in [1.29, 1.82) is 0 Å². The van der Waals surface area contributed by atoms with Gasteiger partial charge in [-0.1, -0.05) is 74.9 Å². The molecule has 1 fully saturated rings. The first kappa shape index (κ1) is 31.2. The normalized spacial score (nSPS) is 18.9. The second-order valence-electron chi connectivity index (χ2n) is 8.89. The SMILES string of the molecule is CC.CC/C(=C\C=C(/C)[N+](=O)[O-])C1N(c2ccc(C)cc2)OC(c2ccccc2)CC1(C(=O)OC)C(=O)OC. The summed E-state index contributed by atoms with van der Waals surface area (Å²) < 4.78 is 10.4. The van der Waals surface area contributed by atoms with Crippen molar-refractivity contribution in [2.45, 2.75) is 59.6 Å². The van der Waals surface area contributed by atoms with Gasteiger partial charge in [0, 0.05) is 19.4 Å². The minimum atomic E-state index is -1.83. The summed E-state index contributed by atoms with van der Waals surface area (Å²) in [6, 6.07) is 15.7. The van der Waals surface area contributed by atoms with E-state index in [2.05, 4.69) is 0 Å². The van der Waals surface area contributed by atoms with Gasteiger partial charge in [-0.25, -0.2) is 5.06 Å². The molecular weight excluding hydrogens is 500 g/mol. The molecule has 3 rings (SSSR count). The van der Waals surface area contributed by atoms with Gasteiger partial charge < -0.3 is 9.47 Å². The quantitative estimate of drug-likeness (QED) is 0.130. The van der Waals surface area contributed by atoms with Gasteiger partial charge in [0.2, 0.25) is 5.70 Å². The number of hydroxylamine groups is 1. The Labute approximate surface area is 230 Å². The van der Waals surface area contributed by atoms with Crippen molar-refractivity contribution in [2.75, 3.05) is 19.3 Å². The number of benzene rings is 2. The number of allylic oxidation sites excluding steroid dienone is 3. The van der Waals surface area contributed by atoms with Crippen LogP contribution in [0.25, 0.3) is 0 Å². The zero-order valence-electron chi connectivity index (χ0n) is 23.7. The van der Waals surface area contributed by atoms with Crippen LogP contribution in [-0.2, 0) is 23.9 Å². The molecule has 2 aromatic carbocycles. The minimum Gasteiger partial charge on any atom is -0.468 e. The van der Waals surface area contributed by atoms with Gasteiger partial charge in [0.05, 0.1) is 24.8 Å². The van der Waals surface area contributed by atoms with Crippen LogP contribution in [0.5, 0.6) is 0 Å². The van der Waals surface area contributed by atoms with E-state index in [1.165, 1.54) is 27.2 Å². The van der Waals surface area contributed by atoms with E-state index in [0.29, 0.717) is 17.7 Å². The summed E-state index contributed by atoms with van der Waals surface area (Å²) in [5.74, 6) is -1.56. The molecule has 0 radical (unpaired) electrons. The summed E-state index contributed by atoms with van der Waals surface area (Å²) in [6.45, 7) is 9.16. The number of hydrogen-bond acceptors (Lipinski definition) is 8. The highest BCUT2D eigenvalue weighted by molar-refractivity contribution is 6.02. The Balaban J connectivity index is 0.00000260. The smallest absolute Gasteiger partial charge is 0.325 e. The topological polar surface area (TPSA) is 108 Å². The summed E-state index contributed by atoms with van der Waals surface area (Å²) in [7, 11) is 2.44. The van der Waals surface area contributed by atoms with E-state index in [1.54, 1.807) is 11.1 Å². The summed E-state index contributed by atoms with van der Waals surface area (Å²) >= 11 is 0. The van der Waals surface area contributed by atoms with E-state index in [4.69, 9.17) is 14.3 Å². The first-order valence-corrected chi connectivity index (χ1v) is 13.0. The van der Waals surface area contributed by atoms with Crippen LogP contribution in [0.2, 0.25) is 0 Å². The van der Waals surface area contributed by atoms with Crippen molar-refractivity contribution < 1.29 is 28.8 Å². The second kappa shape index (κ2) is 14.2. The lowest BCUT2D eigenvalue weighted by Crippen LogP contribution is -2.62. The van der Waals surface area contributed by atoms with Crippen molar-refractivity contribution >= 4 is 17.6 Å². The maximum Gasteiger partial charge on any atom is 0.325 e. The molecular formula is C30H38N2O7. The summed E-state index contributed by atoms with van der Waals surface area (Å²) in [5.41, 5.74) is 1.02. The number of esters is 2. The predicted molar refractivity (Wildman–Crippen MR) is 149 cm³/mol. The van der Waals surface area contributed by atoms with E-state index in [-0.39, 0.29) is 12.1 Å². The van der Waals surface area contributed by atoms with Crippen LogP contribution in [-0.4, -0.2) is 37.1 Å². The monoisotopic (exact) mass is 538 g/mol. The Morgan fingerprint density at radius 3 is 2.10 bits per heavy atom. The fourth-order valence-corrected chi connectivity index (χ4v) is 4.58. The first-order chi connectivity index (χ1) is 18.7. The highest BCUT2D eigenvalue weighted by atomic mass is 16.7. The Morgan fingerprint density at radius 1 is 1.05 bits per heavy atom. The van der Waals surface area contributed by atoms with E-state index in [0.717, 1.165) is 11.1 Å². The third kappa shape index (κ3) is 6.72. The number of carbonyl (C=O) groups is 2. The highest BCUT2D eigenvalue weighted by Crippen LogP contribution is 2.49. The van der Waals surface area contributed by atoms with Crippen molar-refractivity contribution in [3.63, 3.8) is 0 Å². The van der Waals surface area contributed by atoms with Gasteiger partial charge in [-0.3, -0.25) is 24.5 Å². The van der Waals surface area contributed by atoms with Crippen LogP contribution in [0, 0.1) is 22.5 Å². The van der Waals surface area contributed by atoms with Crippen molar-refractivity contribution in [3.8, 4) is 0 Å². The first-order valence-electron chi connectivity index (χ1n) is 13.0. The number of hydrogen-bond donors (Lipinski definition) is 0. The molecule has 2 aromatic rings. The Morgan fingerprint density at radius 2 is 1.62 bits per heavy atom. The average Bonchev–Trinajstić information content (AvgIpc) is 2.98. The Kier molecular flexibility index (Phi) is 11.4. The van der Waals surface area contributed by atoms with Crippen LogP contribution >= 0.6 is 0 Å². The van der Waals surface area contributed by atoms with Crippen molar-refractivity contribution in [1.82, 2.24) is 0 Å². The van der Waals surface area contributed by atoms with Gasteiger partial charge in [-0.15, -0.1) is 0 Å². The average molecular weight is 539 g/mol. The highest BCUT2D eigenvalue weighted by Gasteiger charge is 2.62. The number of carbonyl (C=O) groups excluding carboxylic acids is 2. The third-order valence-electron chi connectivity index (χ3n) is 6.59. The number of nitrogens with zero attached hydrogens (tertiary/aromatic N) is 2. The zero-order chi connectivity index (χ0) is 29.2. The largest absolute Gasteiger partial charge is 0.468 e. The molecule has 2 unspecified atom stereocenters. The molecule has 39 heavy (non-hydrogen) atoms. The standard InChI is InChI=1S/C28H32N2O7.C2H6/c1-6-21(15-14-20(3)30(33)34)25-28(26(31)35-4,27(32)36-5)18-24(22-10-8-7-9-11-22)37-29(25)23-16-12-19(2)13-17-23;1-2/h7-17,24-25H,6,18H2,1-5H3;1-2H3/b20-14+,21-15+;. The number of aryl methyl sites for hydroxylation is 1. The lowest BCUT2D eigenvalue weighted by molar-refractivity contribution is -0.424. The van der Waals surface area contributed by atoms with Crippen LogP contribution in [0.3, 0.4) is 0 Å². The predicted octanol–water partition coefficient (Wildman–Crippen LogP) is 6.12. The molecule has 1 aliphatic rings. The van der Waals surface area contributed by atoms with Gasteiger partial charge in [0.25, 0.3) is 0 Å². The fourth-order valence-electron chi connectivity index (χ4n) is 4.58. The number of anilines is 1. The molecule has 0 saturated carbocycles. The number of rotatable bonds is 8. The lowest BCUT2D eigenvalue weighted by Gasteiger charge is -2.50. The Bertz CT molecular complexity index is 1170. The molecule has 0 spiro atoms. The molecule has 1 heterocycles. The molecule has 9 heteroatoms. The van der Waals surface area contributed by atoms with E-state index >= 15 is 0 Å². The van der Waals surface area contributed by atoms with Gasteiger partial charge >= 0.3 is 11.9 Å². The van der Waals surface area contributed by atoms with Gasteiger partial charge in [0.1, 0.15) is 12.1 Å². The molecule has 210 valence electrons. The third-order valence-corrected chi connectivity index (χ3v) is 6.59. The molecule has 1 aliphatic heterocycles. The molecule has 9 nitrogen and oxygen atoms in total. The van der Waals surface area contributed by atoms with Crippen LogP contribution in [0.4, 0.5) is 5.69 Å². The molecule has 0 amide bonds. The van der Waals surface area contributed by atoms with Crippen LogP contribution in [0.1, 0.15) is 57.8 Å². The van der Waals surface area contributed by atoms with Crippen LogP contribution in [0.15, 0.2) is 78.0 Å². The summed E-state index contributed by atoms with van der Waals surface area (Å²) in [5, 5.41) is 12.8. The molecule has 0 aromatic heterocycles. The van der Waals surface area contributed by atoms with E-state index in [9.17, 15) is 19.7 Å². The lowest BCUT2D eigenvalue weighted by atomic mass is 9.69. The number of nitro groups is 1. The minimum absolute atomic E-state index is 0.0569. The molecule has 0 bridgehead atoms. The van der Waals surface area contributed by atoms with Gasteiger partial charge in [-0.2, -0.15) is 0 Å². The summed E-state index contributed by atoms with van der Waals surface area (Å²) in [4.78, 5) is 44.5. The number of ether oxygens (including phenoxy) is 2. The molecule has 1 saturated heterocycles. The zero-order valence-corrected chi connectivity index (χ0v) is 23.7. The second-order valence-corrected chi connectivity index (χ2v) is 8.89.